The summed E-state index contributed by atoms with van der Waals surface area (Å²) in [5.41, 5.74) is 3.44. The highest BCUT2D eigenvalue weighted by Gasteiger charge is 2.38. The van der Waals surface area contributed by atoms with Crippen molar-refractivity contribution < 1.29 is 23.4 Å². The molecule has 2 fully saturated rings. The number of aromatic nitrogens is 1. The lowest BCUT2D eigenvalue weighted by molar-refractivity contribution is 0.0694. The highest BCUT2D eigenvalue weighted by molar-refractivity contribution is 7.99. The summed E-state index contributed by atoms with van der Waals surface area (Å²) in [6, 6.07) is -0.146. The van der Waals surface area contributed by atoms with E-state index in [4.69, 9.17) is 10.5 Å². The van der Waals surface area contributed by atoms with Crippen molar-refractivity contribution in [1.82, 2.24) is 4.57 Å². The van der Waals surface area contributed by atoms with E-state index < -0.39 is 39.7 Å². The van der Waals surface area contributed by atoms with Crippen LogP contribution in [-0.4, -0.2) is 53.5 Å². The summed E-state index contributed by atoms with van der Waals surface area (Å²) in [5, 5.41) is 8.96. The molecule has 4 rings (SSSR count). The summed E-state index contributed by atoms with van der Waals surface area (Å²) in [4.78, 5) is 25.7. The van der Waals surface area contributed by atoms with E-state index >= 15 is 8.78 Å². The number of aromatic carboxylic acids is 1. The molecule has 0 bridgehead atoms. The van der Waals surface area contributed by atoms with E-state index in [0.717, 1.165) is 6.20 Å². The van der Waals surface area contributed by atoms with Gasteiger partial charge >= 0.3 is 5.97 Å². The van der Waals surface area contributed by atoms with Gasteiger partial charge in [-0.15, -0.1) is 0 Å². The maximum Gasteiger partial charge on any atom is 0.341 e. The fourth-order valence-electron chi connectivity index (χ4n) is 4.00. The molecule has 0 spiro atoms. The average Bonchev–Trinajstić information content (AvgIpc) is 3.45. The zero-order chi connectivity index (χ0) is 21.0. The maximum absolute atomic E-state index is 15.7. The maximum atomic E-state index is 15.7. The minimum Gasteiger partial charge on any atom is -0.477 e. The van der Waals surface area contributed by atoms with Crippen molar-refractivity contribution in [3.8, 4) is 0 Å². The predicted octanol–water partition coefficient (Wildman–Crippen LogP) is 2.46. The Morgan fingerprint density at radius 2 is 2.00 bits per heavy atom. The number of hydrogen-bond acceptors (Lipinski definition) is 6. The molecule has 7 nitrogen and oxygen atoms in total. The minimum atomic E-state index is -1.46. The Kier molecular flexibility index (Phi) is 4.94. The van der Waals surface area contributed by atoms with Crippen LogP contribution >= 0.6 is 11.8 Å². The number of halogens is 2. The van der Waals surface area contributed by atoms with Crippen LogP contribution in [0.4, 0.5) is 20.2 Å². The lowest BCUT2D eigenvalue weighted by Crippen LogP contribution is -2.27. The first-order valence-electron chi connectivity index (χ1n) is 9.19. The van der Waals surface area contributed by atoms with E-state index in [1.54, 1.807) is 23.8 Å². The predicted molar refractivity (Wildman–Crippen MR) is 108 cm³/mol. The number of carbonyl (C=O) groups is 1. The van der Waals surface area contributed by atoms with Crippen LogP contribution in [0.25, 0.3) is 10.9 Å². The lowest BCUT2D eigenvalue weighted by atomic mass is 10.1. The molecule has 10 heteroatoms. The van der Waals surface area contributed by atoms with Crippen molar-refractivity contribution in [2.45, 2.75) is 30.2 Å². The monoisotopic (exact) mass is 425 g/mol. The molecule has 1 saturated carbocycles. The Bertz CT molecular complexity index is 1060. The van der Waals surface area contributed by atoms with Crippen molar-refractivity contribution in [3.63, 3.8) is 0 Å². The topological polar surface area (TPSA) is 97.8 Å². The van der Waals surface area contributed by atoms with Crippen LogP contribution in [0.2, 0.25) is 0 Å². The molecule has 0 amide bonds. The summed E-state index contributed by atoms with van der Waals surface area (Å²) in [6.45, 7) is 0.640. The second kappa shape index (κ2) is 7.17. The average molecular weight is 425 g/mol. The summed E-state index contributed by atoms with van der Waals surface area (Å²) in [6.07, 6.45) is 4.27. The van der Waals surface area contributed by atoms with E-state index in [2.05, 4.69) is 0 Å². The first kappa shape index (κ1) is 20.0. The Morgan fingerprint density at radius 1 is 1.31 bits per heavy atom. The highest BCUT2D eigenvalue weighted by atomic mass is 32.2. The number of ether oxygens (including phenoxy) is 1. The van der Waals surface area contributed by atoms with E-state index in [1.165, 1.54) is 4.57 Å². The smallest absolute Gasteiger partial charge is 0.341 e. The third kappa shape index (κ3) is 3.05. The fourth-order valence-corrected chi connectivity index (χ4v) is 4.83. The molecule has 3 N–H and O–H groups in total. The van der Waals surface area contributed by atoms with Crippen molar-refractivity contribution in [1.29, 1.82) is 0 Å². The standard InChI is InChI=1S/C19H21F2N3O4S/c1-28-10-6-23(7-11(10)29-2)17-13(20)15(22)12-16(14(17)21)24(8-3-4-8)5-9(18(12)25)19(26)27/h5,8,10-11H,3-4,6-7,22H2,1-2H3,(H,26,27). The Hall–Kier alpha value is -2.33. The number of benzene rings is 1. The molecule has 2 heterocycles. The zero-order valence-corrected chi connectivity index (χ0v) is 16.8. The number of nitrogens with two attached hydrogens (primary N) is 1. The molecule has 1 saturated heterocycles. The minimum absolute atomic E-state index is 0.0238. The molecule has 2 unspecified atom stereocenters. The number of fused-ring (bicyclic) bond motifs is 1. The van der Waals surface area contributed by atoms with Crippen molar-refractivity contribution in [3.05, 3.63) is 33.6 Å². The van der Waals surface area contributed by atoms with Crippen LogP contribution in [-0.2, 0) is 4.74 Å². The van der Waals surface area contributed by atoms with Gasteiger partial charge in [-0.2, -0.15) is 11.8 Å². The van der Waals surface area contributed by atoms with Crippen LogP contribution in [0, 0.1) is 11.6 Å². The normalized spacial score (nSPS) is 21.9. The number of carboxylic acid groups (broad SMARTS) is 1. The van der Waals surface area contributed by atoms with Gasteiger partial charge in [-0.3, -0.25) is 4.79 Å². The van der Waals surface area contributed by atoms with Gasteiger partial charge in [-0.25, -0.2) is 13.6 Å². The van der Waals surface area contributed by atoms with Gasteiger partial charge in [-0.1, -0.05) is 0 Å². The molecule has 1 aliphatic carbocycles. The molecule has 1 aromatic heterocycles. The quantitative estimate of drug-likeness (QED) is 0.710. The van der Waals surface area contributed by atoms with Crippen molar-refractivity contribution >= 4 is 40.0 Å². The van der Waals surface area contributed by atoms with E-state index in [1.807, 2.05) is 6.26 Å². The number of pyridine rings is 1. The van der Waals surface area contributed by atoms with Crippen molar-refractivity contribution in [2.75, 3.05) is 37.1 Å². The highest BCUT2D eigenvalue weighted by Crippen LogP contribution is 2.42. The van der Waals surface area contributed by atoms with Gasteiger partial charge in [0, 0.05) is 37.7 Å². The van der Waals surface area contributed by atoms with E-state index in [0.29, 0.717) is 19.4 Å². The SMILES string of the molecule is COC1CN(c2c(F)c(N)c3c(=O)c(C(=O)O)cn(C4CC4)c3c2F)CC1SC. The van der Waals surface area contributed by atoms with Gasteiger partial charge in [0.05, 0.1) is 22.7 Å². The fraction of sp³-hybridized carbons (Fsp3) is 0.474. The molecule has 2 atom stereocenters. The number of carboxylic acids is 1. The van der Waals surface area contributed by atoms with Crippen molar-refractivity contribution in [2.24, 2.45) is 0 Å². The van der Waals surface area contributed by atoms with E-state index in [9.17, 15) is 14.7 Å². The number of hydrogen-bond donors (Lipinski definition) is 2. The van der Waals surface area contributed by atoms with Crippen LogP contribution in [0.3, 0.4) is 0 Å². The molecule has 2 aromatic rings. The number of methoxy groups -OCH3 is 1. The molecule has 1 aromatic carbocycles. The molecular formula is C19H21F2N3O4S. The van der Waals surface area contributed by atoms with Gasteiger partial charge in [0.25, 0.3) is 0 Å². The molecule has 2 aliphatic rings. The Balaban J connectivity index is 2.00. The first-order valence-corrected chi connectivity index (χ1v) is 10.5. The van der Waals surface area contributed by atoms with Gasteiger partial charge in [0.2, 0.25) is 5.43 Å². The van der Waals surface area contributed by atoms with Crippen LogP contribution in [0.5, 0.6) is 0 Å². The number of rotatable bonds is 5. The Morgan fingerprint density at radius 3 is 2.52 bits per heavy atom. The lowest BCUT2D eigenvalue weighted by Gasteiger charge is -2.23. The van der Waals surface area contributed by atoms with Gasteiger partial charge in [0.1, 0.15) is 11.3 Å². The van der Waals surface area contributed by atoms with Crippen LogP contribution in [0.15, 0.2) is 11.0 Å². The number of anilines is 2. The molecule has 29 heavy (non-hydrogen) atoms. The van der Waals surface area contributed by atoms with E-state index in [-0.39, 0.29) is 35.1 Å². The first-order chi connectivity index (χ1) is 13.8. The molecule has 1 aliphatic heterocycles. The Labute approximate surface area is 169 Å². The molecule has 156 valence electrons. The second-order valence-electron chi connectivity index (χ2n) is 7.38. The summed E-state index contributed by atoms with van der Waals surface area (Å²) in [7, 11) is 1.55. The second-order valence-corrected chi connectivity index (χ2v) is 8.46. The third-order valence-electron chi connectivity index (χ3n) is 5.67. The molecular weight excluding hydrogens is 404 g/mol. The van der Waals surface area contributed by atoms with Gasteiger partial charge < -0.3 is 25.0 Å². The van der Waals surface area contributed by atoms with Crippen LogP contribution < -0.4 is 16.1 Å². The van der Waals surface area contributed by atoms with Gasteiger partial charge in [0.15, 0.2) is 11.6 Å². The number of nitrogen functional groups attached to an aromatic ring is 1. The third-order valence-corrected chi connectivity index (χ3v) is 6.73. The summed E-state index contributed by atoms with van der Waals surface area (Å²) in [5.74, 6) is -3.40. The molecule has 0 radical (unpaired) electrons. The van der Waals surface area contributed by atoms with Crippen LogP contribution in [0.1, 0.15) is 29.2 Å². The zero-order valence-electron chi connectivity index (χ0n) is 15.9. The van der Waals surface area contributed by atoms with Gasteiger partial charge in [-0.05, 0) is 19.1 Å². The summed E-state index contributed by atoms with van der Waals surface area (Å²) >= 11 is 1.55. The number of thioether (sulfide) groups is 1. The number of nitrogens with zero attached hydrogens (tertiary/aromatic N) is 2. The largest absolute Gasteiger partial charge is 0.477 e. The summed E-state index contributed by atoms with van der Waals surface area (Å²) < 4.78 is 37.8.